The van der Waals surface area contributed by atoms with E-state index >= 15 is 0 Å². The van der Waals surface area contributed by atoms with Crippen molar-refractivity contribution in [2.24, 2.45) is 0 Å². The van der Waals surface area contributed by atoms with Gasteiger partial charge in [0, 0.05) is 19.2 Å². The van der Waals surface area contributed by atoms with Crippen LogP contribution >= 0.6 is 15.9 Å². The summed E-state index contributed by atoms with van der Waals surface area (Å²) in [6.45, 7) is 3.13. The van der Waals surface area contributed by atoms with E-state index in [0.717, 1.165) is 22.6 Å². The number of methoxy groups -OCH3 is 2. The highest BCUT2D eigenvalue weighted by Gasteiger charge is 2.20. The first-order valence-corrected chi connectivity index (χ1v) is 12.3. The molecule has 0 saturated heterocycles. The van der Waals surface area contributed by atoms with E-state index in [-0.39, 0.29) is 12.6 Å². The van der Waals surface area contributed by atoms with Crippen LogP contribution in [-0.2, 0) is 19.7 Å². The zero-order chi connectivity index (χ0) is 25.8. The van der Waals surface area contributed by atoms with Crippen LogP contribution in [-0.4, -0.2) is 39.0 Å². The van der Waals surface area contributed by atoms with Gasteiger partial charge in [-0.15, -0.1) is 5.10 Å². The van der Waals surface area contributed by atoms with Crippen molar-refractivity contribution in [1.29, 1.82) is 0 Å². The SMILES string of the molecule is COc1ccc(CN(Cc2ccc(OC)cc2)c2nc(OCc3cc(C)on3)nn3c(Br)cnc23)cc1. The van der Waals surface area contributed by atoms with Gasteiger partial charge in [-0.1, -0.05) is 29.4 Å². The monoisotopic (exact) mass is 564 g/mol. The van der Waals surface area contributed by atoms with E-state index in [2.05, 4.69) is 36.1 Å². The fourth-order valence-electron chi connectivity index (χ4n) is 3.83. The number of halogens is 1. The Kier molecular flexibility index (Phi) is 7.22. The topological polar surface area (TPSA) is 100 Å². The predicted molar refractivity (Wildman–Crippen MR) is 140 cm³/mol. The zero-order valence-electron chi connectivity index (χ0n) is 20.6. The van der Waals surface area contributed by atoms with Crippen molar-refractivity contribution in [3.05, 3.63) is 88.0 Å². The molecule has 3 aromatic heterocycles. The number of hydrogen-bond acceptors (Lipinski definition) is 9. The van der Waals surface area contributed by atoms with Crippen LogP contribution in [0.1, 0.15) is 22.6 Å². The van der Waals surface area contributed by atoms with Gasteiger partial charge in [0.15, 0.2) is 11.5 Å². The second-order valence-corrected chi connectivity index (χ2v) is 9.12. The van der Waals surface area contributed by atoms with Crippen LogP contribution < -0.4 is 19.1 Å². The highest BCUT2D eigenvalue weighted by Crippen LogP contribution is 2.27. The Morgan fingerprint density at radius 2 is 1.57 bits per heavy atom. The largest absolute Gasteiger partial charge is 0.497 e. The summed E-state index contributed by atoms with van der Waals surface area (Å²) >= 11 is 3.53. The summed E-state index contributed by atoms with van der Waals surface area (Å²) in [5.74, 6) is 2.92. The van der Waals surface area contributed by atoms with Gasteiger partial charge in [-0.2, -0.15) is 9.50 Å². The minimum atomic E-state index is 0.172. The summed E-state index contributed by atoms with van der Waals surface area (Å²) in [6, 6.07) is 17.9. The van der Waals surface area contributed by atoms with E-state index in [4.69, 9.17) is 23.7 Å². The number of nitrogens with zero attached hydrogens (tertiary/aromatic N) is 6. The van der Waals surface area contributed by atoms with Crippen molar-refractivity contribution in [2.75, 3.05) is 19.1 Å². The van der Waals surface area contributed by atoms with E-state index in [1.165, 1.54) is 0 Å². The minimum absolute atomic E-state index is 0.172. The molecule has 37 heavy (non-hydrogen) atoms. The number of imidazole rings is 1. The standard InChI is InChI=1S/C26H25BrN6O4/c1-17-12-20(31-37-17)16-36-26-29-25(24-28-13-23(27)33(24)30-26)32(14-18-4-8-21(34-2)9-5-18)15-19-6-10-22(35-3)11-7-19/h4-13H,14-16H2,1-3H3. The molecule has 0 fully saturated rings. The third kappa shape index (κ3) is 5.67. The van der Waals surface area contributed by atoms with Crippen molar-refractivity contribution >= 4 is 27.4 Å². The minimum Gasteiger partial charge on any atom is -0.497 e. The van der Waals surface area contributed by atoms with Crippen molar-refractivity contribution in [3.63, 3.8) is 0 Å². The molecule has 2 aromatic carbocycles. The first-order valence-electron chi connectivity index (χ1n) is 11.5. The number of fused-ring (bicyclic) bond motifs is 1. The molecule has 0 aliphatic rings. The Morgan fingerprint density at radius 1 is 0.946 bits per heavy atom. The van der Waals surface area contributed by atoms with Gasteiger partial charge in [0.2, 0.25) is 0 Å². The molecule has 5 rings (SSSR count). The molecule has 0 aliphatic heterocycles. The fourth-order valence-corrected chi connectivity index (χ4v) is 4.18. The van der Waals surface area contributed by atoms with Crippen LogP contribution in [0.5, 0.6) is 17.5 Å². The van der Waals surface area contributed by atoms with Crippen molar-refractivity contribution in [1.82, 2.24) is 24.7 Å². The van der Waals surface area contributed by atoms with Crippen molar-refractivity contribution in [2.45, 2.75) is 26.6 Å². The zero-order valence-corrected chi connectivity index (χ0v) is 22.2. The Labute approximate surface area is 221 Å². The molecule has 0 unspecified atom stereocenters. The van der Waals surface area contributed by atoms with Gasteiger partial charge in [-0.25, -0.2) is 4.98 Å². The molecule has 0 spiro atoms. The fraction of sp³-hybridized carbons (Fsp3) is 0.231. The van der Waals surface area contributed by atoms with Gasteiger partial charge < -0.3 is 23.6 Å². The van der Waals surface area contributed by atoms with Gasteiger partial charge in [-0.05, 0) is 58.2 Å². The van der Waals surface area contributed by atoms with E-state index < -0.39 is 0 Å². The van der Waals surface area contributed by atoms with Crippen molar-refractivity contribution in [3.8, 4) is 17.5 Å². The molecule has 11 heteroatoms. The van der Waals surface area contributed by atoms with Crippen LogP contribution in [0, 0.1) is 6.92 Å². The molecular formula is C26H25BrN6O4. The van der Waals surface area contributed by atoms with Crippen molar-refractivity contribution < 1.29 is 18.7 Å². The highest BCUT2D eigenvalue weighted by atomic mass is 79.9. The number of ether oxygens (including phenoxy) is 3. The molecule has 3 heterocycles. The summed E-state index contributed by atoms with van der Waals surface area (Å²) in [7, 11) is 3.31. The Hall–Kier alpha value is -4.12. The Balaban J connectivity index is 1.52. The van der Waals surface area contributed by atoms with E-state index in [0.29, 0.717) is 40.6 Å². The first kappa shape index (κ1) is 24.6. The molecule has 5 aromatic rings. The Morgan fingerprint density at radius 3 is 2.11 bits per heavy atom. The number of aromatic nitrogens is 5. The summed E-state index contributed by atoms with van der Waals surface area (Å²) < 4.78 is 24.1. The molecule has 0 amide bonds. The molecule has 0 radical (unpaired) electrons. The lowest BCUT2D eigenvalue weighted by molar-refractivity contribution is 0.262. The summed E-state index contributed by atoms with van der Waals surface area (Å²) in [6.07, 6.45) is 1.69. The summed E-state index contributed by atoms with van der Waals surface area (Å²) in [4.78, 5) is 11.5. The third-order valence-electron chi connectivity index (χ3n) is 5.67. The van der Waals surface area contributed by atoms with E-state index in [1.54, 1.807) is 24.9 Å². The van der Waals surface area contributed by atoms with Gasteiger partial charge in [0.1, 0.15) is 34.2 Å². The average molecular weight is 565 g/mol. The molecule has 0 N–H and O–H groups in total. The van der Waals surface area contributed by atoms with Crippen LogP contribution in [0.3, 0.4) is 0 Å². The molecular weight excluding hydrogens is 540 g/mol. The number of anilines is 1. The molecule has 190 valence electrons. The van der Waals surface area contributed by atoms with Crippen LogP contribution in [0.2, 0.25) is 0 Å². The first-order chi connectivity index (χ1) is 18.0. The van der Waals surface area contributed by atoms with E-state index in [9.17, 15) is 0 Å². The molecule has 0 saturated carbocycles. The Bertz CT molecular complexity index is 1430. The third-order valence-corrected chi connectivity index (χ3v) is 6.21. The molecule has 0 aliphatic carbocycles. The number of benzene rings is 2. The maximum Gasteiger partial charge on any atom is 0.336 e. The number of hydrogen-bond donors (Lipinski definition) is 0. The summed E-state index contributed by atoms with van der Waals surface area (Å²) in [5, 5.41) is 8.50. The quantitative estimate of drug-likeness (QED) is 0.232. The maximum atomic E-state index is 5.92. The number of rotatable bonds is 10. The van der Waals surface area contributed by atoms with E-state index in [1.807, 2.05) is 61.5 Å². The van der Waals surface area contributed by atoms with Gasteiger partial charge in [0.25, 0.3) is 0 Å². The highest BCUT2D eigenvalue weighted by molar-refractivity contribution is 9.10. The maximum absolute atomic E-state index is 5.92. The van der Waals surface area contributed by atoms with Gasteiger partial charge in [-0.3, -0.25) is 0 Å². The second-order valence-electron chi connectivity index (χ2n) is 8.30. The average Bonchev–Trinajstić information content (AvgIpc) is 3.52. The molecule has 10 nitrogen and oxygen atoms in total. The lowest BCUT2D eigenvalue weighted by Crippen LogP contribution is -2.25. The molecule has 0 bridgehead atoms. The smallest absolute Gasteiger partial charge is 0.336 e. The molecule has 0 atom stereocenters. The lowest BCUT2D eigenvalue weighted by Gasteiger charge is -2.25. The van der Waals surface area contributed by atoms with Crippen LogP contribution in [0.4, 0.5) is 5.82 Å². The van der Waals surface area contributed by atoms with Crippen LogP contribution in [0.25, 0.3) is 5.65 Å². The second kappa shape index (κ2) is 10.9. The lowest BCUT2D eigenvalue weighted by atomic mass is 10.1. The summed E-state index contributed by atoms with van der Waals surface area (Å²) in [5.41, 5.74) is 3.41. The van der Waals surface area contributed by atoms with Crippen LogP contribution in [0.15, 0.2) is 69.9 Å². The predicted octanol–water partition coefficient (Wildman–Crippen LogP) is 4.99. The normalized spacial score (nSPS) is 11.0. The number of aryl methyl sites for hydroxylation is 1. The van der Waals surface area contributed by atoms with Gasteiger partial charge in [0.05, 0.1) is 20.4 Å². The van der Waals surface area contributed by atoms with Gasteiger partial charge >= 0.3 is 6.01 Å².